The maximum Gasteiger partial charge on any atom is 0.258 e. The Labute approximate surface area is 199 Å². The Balaban J connectivity index is 1.31. The van der Waals surface area contributed by atoms with Crippen LogP contribution in [0.4, 0.5) is 11.5 Å². The number of pyridine rings is 1. The van der Waals surface area contributed by atoms with E-state index in [4.69, 9.17) is 11.6 Å². The second-order valence-electron chi connectivity index (χ2n) is 8.49. The molecule has 1 fully saturated rings. The fourth-order valence-electron chi connectivity index (χ4n) is 4.26. The lowest BCUT2D eigenvalue weighted by Gasteiger charge is -2.36. The van der Waals surface area contributed by atoms with E-state index in [1.165, 1.54) is 6.20 Å². The first-order chi connectivity index (χ1) is 16.0. The molecule has 4 rings (SSSR count). The average molecular weight is 465 g/mol. The molecule has 3 N–H and O–H groups in total. The van der Waals surface area contributed by atoms with Gasteiger partial charge in [-0.05, 0) is 80.7 Å². The number of nitrogens with zero attached hydrogens (tertiary/aromatic N) is 2. The molecule has 2 heterocycles. The number of hydrogen-bond donors (Lipinski definition) is 3. The van der Waals surface area contributed by atoms with E-state index in [-0.39, 0.29) is 11.9 Å². The SMILES string of the molecule is CC(c1cccc(O)c1)N1CCC(CNc2ccccc2C(=O)Nc2ccc(Cl)cn2)CC1. The molecule has 33 heavy (non-hydrogen) atoms. The predicted molar refractivity (Wildman–Crippen MR) is 133 cm³/mol. The van der Waals surface area contributed by atoms with Gasteiger partial charge in [-0.1, -0.05) is 35.9 Å². The van der Waals surface area contributed by atoms with Gasteiger partial charge in [0.2, 0.25) is 0 Å². The highest BCUT2D eigenvalue weighted by molar-refractivity contribution is 6.30. The lowest BCUT2D eigenvalue weighted by molar-refractivity contribution is 0.102. The van der Waals surface area contributed by atoms with Crippen LogP contribution in [0, 0.1) is 5.92 Å². The van der Waals surface area contributed by atoms with Crippen molar-refractivity contribution in [1.82, 2.24) is 9.88 Å². The van der Waals surface area contributed by atoms with Gasteiger partial charge in [0.15, 0.2) is 0 Å². The topological polar surface area (TPSA) is 77.5 Å². The van der Waals surface area contributed by atoms with Crippen LogP contribution in [0.25, 0.3) is 0 Å². The van der Waals surface area contributed by atoms with Crippen molar-refractivity contribution in [2.45, 2.75) is 25.8 Å². The molecule has 1 amide bonds. The Morgan fingerprint density at radius 1 is 1.15 bits per heavy atom. The first-order valence-corrected chi connectivity index (χ1v) is 11.7. The molecule has 0 spiro atoms. The van der Waals surface area contributed by atoms with Gasteiger partial charge >= 0.3 is 0 Å². The summed E-state index contributed by atoms with van der Waals surface area (Å²) in [5.41, 5.74) is 2.55. The summed E-state index contributed by atoms with van der Waals surface area (Å²) in [5, 5.41) is 16.6. The van der Waals surface area contributed by atoms with E-state index in [1.807, 2.05) is 36.4 Å². The second kappa shape index (κ2) is 10.7. The van der Waals surface area contributed by atoms with Gasteiger partial charge in [-0.25, -0.2) is 4.98 Å². The molecule has 1 atom stereocenters. The van der Waals surface area contributed by atoms with Gasteiger partial charge in [0.1, 0.15) is 11.6 Å². The summed E-state index contributed by atoms with van der Waals surface area (Å²) < 4.78 is 0. The number of hydrogen-bond acceptors (Lipinski definition) is 5. The number of benzene rings is 2. The van der Waals surface area contributed by atoms with Crippen LogP contribution in [0.2, 0.25) is 5.02 Å². The maximum absolute atomic E-state index is 12.8. The number of amides is 1. The van der Waals surface area contributed by atoms with Crippen LogP contribution < -0.4 is 10.6 Å². The van der Waals surface area contributed by atoms with Crippen molar-refractivity contribution < 1.29 is 9.90 Å². The molecule has 0 saturated carbocycles. The first kappa shape index (κ1) is 23.1. The van der Waals surface area contributed by atoms with Gasteiger partial charge in [0.25, 0.3) is 5.91 Å². The fraction of sp³-hybridized carbons (Fsp3) is 0.308. The van der Waals surface area contributed by atoms with Crippen molar-refractivity contribution >= 4 is 29.0 Å². The summed E-state index contributed by atoms with van der Waals surface area (Å²) in [6, 6.07) is 18.7. The van der Waals surface area contributed by atoms with Crippen LogP contribution in [-0.4, -0.2) is 40.5 Å². The van der Waals surface area contributed by atoms with Gasteiger partial charge < -0.3 is 15.7 Å². The minimum atomic E-state index is -0.206. The van der Waals surface area contributed by atoms with E-state index < -0.39 is 0 Å². The lowest BCUT2D eigenvalue weighted by Crippen LogP contribution is -2.37. The molecule has 172 valence electrons. The minimum Gasteiger partial charge on any atom is -0.508 e. The third kappa shape index (κ3) is 6.03. The summed E-state index contributed by atoms with van der Waals surface area (Å²) in [4.78, 5) is 19.4. The van der Waals surface area contributed by atoms with Gasteiger partial charge in [0, 0.05) is 24.5 Å². The largest absolute Gasteiger partial charge is 0.508 e. The van der Waals surface area contributed by atoms with Gasteiger partial charge in [-0.3, -0.25) is 9.69 Å². The van der Waals surface area contributed by atoms with Crippen molar-refractivity contribution in [1.29, 1.82) is 0 Å². The van der Waals surface area contributed by atoms with Crippen molar-refractivity contribution in [3.63, 3.8) is 0 Å². The van der Waals surface area contributed by atoms with E-state index in [0.717, 1.165) is 43.7 Å². The number of halogens is 1. The highest BCUT2D eigenvalue weighted by Gasteiger charge is 2.24. The number of likely N-dealkylation sites (tertiary alicyclic amines) is 1. The molecule has 1 aliphatic rings. The van der Waals surface area contributed by atoms with Gasteiger partial charge in [-0.15, -0.1) is 0 Å². The molecular weight excluding hydrogens is 436 g/mol. The van der Waals surface area contributed by atoms with Crippen LogP contribution in [0.1, 0.15) is 41.7 Å². The molecule has 6 nitrogen and oxygen atoms in total. The summed E-state index contributed by atoms with van der Waals surface area (Å²) >= 11 is 5.87. The van der Waals surface area contributed by atoms with E-state index in [2.05, 4.69) is 33.5 Å². The summed E-state index contributed by atoms with van der Waals surface area (Å²) in [6.45, 7) is 5.02. The molecule has 0 radical (unpaired) electrons. The quantitative estimate of drug-likeness (QED) is 0.425. The van der Waals surface area contributed by atoms with Crippen LogP contribution in [0.5, 0.6) is 5.75 Å². The molecule has 7 heteroatoms. The van der Waals surface area contributed by atoms with E-state index >= 15 is 0 Å². The molecule has 1 unspecified atom stereocenters. The molecule has 0 aliphatic carbocycles. The Bertz CT molecular complexity index is 1080. The number of carbonyl (C=O) groups is 1. The normalized spacial score (nSPS) is 15.7. The Hall–Kier alpha value is -3.09. The number of anilines is 2. The zero-order valence-electron chi connectivity index (χ0n) is 18.7. The number of nitrogens with one attached hydrogen (secondary N) is 2. The Kier molecular flexibility index (Phi) is 7.47. The maximum atomic E-state index is 12.8. The Morgan fingerprint density at radius 3 is 2.67 bits per heavy atom. The van der Waals surface area contributed by atoms with Crippen LogP contribution >= 0.6 is 11.6 Å². The van der Waals surface area contributed by atoms with Crippen LogP contribution in [0.3, 0.4) is 0 Å². The number of phenols is 1. The second-order valence-corrected chi connectivity index (χ2v) is 8.93. The molecule has 0 bridgehead atoms. The zero-order valence-corrected chi connectivity index (χ0v) is 19.4. The number of carbonyl (C=O) groups excluding carboxylic acids is 1. The fourth-order valence-corrected chi connectivity index (χ4v) is 4.37. The summed E-state index contributed by atoms with van der Waals surface area (Å²) in [7, 11) is 0. The van der Waals surface area contributed by atoms with E-state index in [1.54, 1.807) is 18.2 Å². The molecule has 3 aromatic rings. The summed E-state index contributed by atoms with van der Waals surface area (Å²) in [6.07, 6.45) is 3.67. The number of piperidine rings is 1. The predicted octanol–water partition coefficient (Wildman–Crippen LogP) is 5.58. The Morgan fingerprint density at radius 2 is 1.94 bits per heavy atom. The van der Waals surface area contributed by atoms with E-state index in [9.17, 15) is 9.90 Å². The van der Waals surface area contributed by atoms with Crippen LogP contribution in [-0.2, 0) is 0 Å². The molecule has 2 aromatic carbocycles. The number of rotatable bonds is 7. The van der Waals surface area contributed by atoms with E-state index in [0.29, 0.717) is 28.1 Å². The standard InChI is InChI=1S/C26H29ClN4O2/c1-18(20-5-4-6-22(32)15-20)31-13-11-19(12-14-31)16-28-24-8-3-2-7-23(24)26(33)30-25-10-9-21(27)17-29-25/h2-10,15,17-19,28,32H,11-14,16H2,1H3,(H,29,30,33). The average Bonchev–Trinajstić information content (AvgIpc) is 2.84. The third-order valence-electron chi connectivity index (χ3n) is 6.27. The number of aromatic hydroxyl groups is 1. The smallest absolute Gasteiger partial charge is 0.258 e. The van der Waals surface area contributed by atoms with Gasteiger partial charge in [0.05, 0.1) is 10.6 Å². The van der Waals surface area contributed by atoms with Crippen molar-refractivity contribution in [2.75, 3.05) is 30.3 Å². The van der Waals surface area contributed by atoms with Crippen LogP contribution in [0.15, 0.2) is 66.9 Å². The number of para-hydroxylation sites is 1. The highest BCUT2D eigenvalue weighted by Crippen LogP contribution is 2.28. The lowest BCUT2D eigenvalue weighted by atomic mass is 9.94. The summed E-state index contributed by atoms with van der Waals surface area (Å²) in [5.74, 6) is 1.11. The molecular formula is C26H29ClN4O2. The molecule has 1 aliphatic heterocycles. The highest BCUT2D eigenvalue weighted by atomic mass is 35.5. The minimum absolute atomic E-state index is 0.206. The number of aromatic nitrogens is 1. The monoisotopic (exact) mass is 464 g/mol. The van der Waals surface area contributed by atoms with Crippen molar-refractivity contribution in [3.8, 4) is 5.75 Å². The third-order valence-corrected chi connectivity index (χ3v) is 6.49. The van der Waals surface area contributed by atoms with Crippen molar-refractivity contribution in [3.05, 3.63) is 83.0 Å². The van der Waals surface area contributed by atoms with Crippen molar-refractivity contribution in [2.24, 2.45) is 5.92 Å². The first-order valence-electron chi connectivity index (χ1n) is 11.3. The van der Waals surface area contributed by atoms with Gasteiger partial charge in [-0.2, -0.15) is 0 Å². The molecule has 1 aromatic heterocycles. The number of phenolic OH excluding ortho intramolecular Hbond substituents is 1. The zero-order chi connectivity index (χ0) is 23.2. The molecule has 1 saturated heterocycles.